The monoisotopic (exact) mass is 363 g/mol. The lowest BCUT2D eigenvalue weighted by Crippen LogP contribution is -2.34. The van der Waals surface area contributed by atoms with Crippen LogP contribution < -0.4 is 4.90 Å². The Morgan fingerprint density at radius 1 is 1.19 bits per heavy atom. The minimum absolute atomic E-state index is 0.134. The van der Waals surface area contributed by atoms with Crippen LogP contribution in [0.15, 0.2) is 42.7 Å². The summed E-state index contributed by atoms with van der Waals surface area (Å²) >= 11 is 0. The number of fused-ring (bicyclic) bond motifs is 3. The van der Waals surface area contributed by atoms with Crippen molar-refractivity contribution in [1.82, 2.24) is 20.0 Å². The summed E-state index contributed by atoms with van der Waals surface area (Å²) in [4.78, 5) is 19.7. The van der Waals surface area contributed by atoms with Crippen LogP contribution in [0.3, 0.4) is 0 Å². The second-order valence-electron chi connectivity index (χ2n) is 6.74. The van der Waals surface area contributed by atoms with Crippen molar-refractivity contribution < 1.29 is 14.6 Å². The number of aryl methyl sites for hydroxylation is 1. The van der Waals surface area contributed by atoms with Crippen LogP contribution in [0.1, 0.15) is 5.56 Å². The molecular formula is C19H17N5O3. The molecule has 1 amide bonds. The molecule has 1 aromatic carbocycles. The first kappa shape index (κ1) is 16.0. The summed E-state index contributed by atoms with van der Waals surface area (Å²) in [5, 5.41) is 17.8. The zero-order chi connectivity index (χ0) is 18.5. The number of anilines is 1. The third-order valence-electron chi connectivity index (χ3n) is 5.12. The number of hydrogen-bond acceptors (Lipinski definition) is 6. The predicted octanol–water partition coefficient (Wildman–Crippen LogP) is 1.79. The van der Waals surface area contributed by atoms with E-state index in [0.29, 0.717) is 6.42 Å². The first-order valence-corrected chi connectivity index (χ1v) is 8.71. The fourth-order valence-corrected chi connectivity index (χ4v) is 3.79. The molecule has 2 aliphatic heterocycles. The molecule has 2 aliphatic rings. The maximum Gasteiger partial charge on any atom is 0.415 e. The van der Waals surface area contributed by atoms with Crippen LogP contribution in [0.2, 0.25) is 0 Å². The van der Waals surface area contributed by atoms with Gasteiger partial charge in [-0.05, 0) is 35.7 Å². The molecule has 4 heterocycles. The highest BCUT2D eigenvalue weighted by atomic mass is 16.6. The number of pyridine rings is 1. The fourth-order valence-electron chi connectivity index (χ4n) is 3.79. The summed E-state index contributed by atoms with van der Waals surface area (Å²) in [6.45, 7) is -0.165. The topological polar surface area (TPSA) is 93.4 Å². The van der Waals surface area contributed by atoms with Crippen LogP contribution in [0.25, 0.3) is 22.5 Å². The van der Waals surface area contributed by atoms with E-state index in [4.69, 9.17) is 4.74 Å². The first-order valence-electron chi connectivity index (χ1n) is 8.71. The molecule has 0 aliphatic carbocycles. The number of nitrogens with zero attached hydrogens (tertiary/aromatic N) is 5. The molecule has 5 rings (SSSR count). The third-order valence-corrected chi connectivity index (χ3v) is 5.12. The lowest BCUT2D eigenvalue weighted by molar-refractivity contribution is 0.0830. The lowest BCUT2D eigenvalue weighted by Gasteiger charge is -2.14. The van der Waals surface area contributed by atoms with E-state index in [1.165, 1.54) is 4.80 Å². The number of rotatable bonds is 3. The van der Waals surface area contributed by atoms with Gasteiger partial charge in [0, 0.05) is 18.8 Å². The van der Waals surface area contributed by atoms with Crippen molar-refractivity contribution in [1.29, 1.82) is 0 Å². The Hall–Kier alpha value is -3.26. The number of ether oxygens (including phenoxy) is 1. The Kier molecular flexibility index (Phi) is 3.48. The average molecular weight is 363 g/mol. The number of aromatic nitrogens is 4. The smallest absolute Gasteiger partial charge is 0.415 e. The number of carbonyl (C=O) groups excluding carboxylic acids is 1. The SMILES string of the molecule is Cn1ncc(-c2ccc(-c3ccc4c(c3)C[C@H]3[C@H](CO)OC(=O)N43)cn2)n1. The van der Waals surface area contributed by atoms with Gasteiger partial charge in [0.25, 0.3) is 0 Å². The molecule has 136 valence electrons. The normalized spacial score (nSPS) is 20.5. The van der Waals surface area contributed by atoms with Crippen LogP contribution in [0.4, 0.5) is 10.5 Å². The molecule has 0 unspecified atom stereocenters. The summed E-state index contributed by atoms with van der Waals surface area (Å²) in [5.41, 5.74) is 5.44. The molecule has 2 aromatic heterocycles. The Morgan fingerprint density at radius 2 is 2.04 bits per heavy atom. The average Bonchev–Trinajstić information content (AvgIpc) is 3.36. The highest BCUT2D eigenvalue weighted by molar-refractivity contribution is 5.94. The Labute approximate surface area is 155 Å². The molecule has 27 heavy (non-hydrogen) atoms. The second-order valence-corrected chi connectivity index (χ2v) is 6.74. The van der Waals surface area contributed by atoms with Crippen LogP contribution in [-0.2, 0) is 18.2 Å². The summed E-state index contributed by atoms with van der Waals surface area (Å²) < 4.78 is 5.22. The molecular weight excluding hydrogens is 346 g/mol. The van der Waals surface area contributed by atoms with E-state index in [9.17, 15) is 9.90 Å². The predicted molar refractivity (Wildman–Crippen MR) is 97.0 cm³/mol. The standard InChI is InChI=1S/C19H17N5O3/c1-23-21-9-15(22-23)14-4-2-12(8-20-14)11-3-5-16-13(6-11)7-17-18(10-25)27-19(26)24(16)17/h2-6,8-9,17-18,25H,7,10H2,1H3/t17-,18-/m0/s1. The van der Waals surface area contributed by atoms with Crippen molar-refractivity contribution >= 4 is 11.8 Å². The molecule has 0 saturated carbocycles. The molecule has 8 heteroatoms. The highest BCUT2D eigenvalue weighted by Crippen LogP contribution is 2.40. The van der Waals surface area contributed by atoms with E-state index in [1.54, 1.807) is 18.1 Å². The molecule has 0 spiro atoms. The maximum atomic E-state index is 12.1. The molecule has 3 aromatic rings. The molecule has 8 nitrogen and oxygen atoms in total. The minimum Gasteiger partial charge on any atom is -0.441 e. The Bertz CT molecular complexity index is 1030. The molecule has 0 bridgehead atoms. The van der Waals surface area contributed by atoms with E-state index < -0.39 is 6.10 Å². The highest BCUT2D eigenvalue weighted by Gasteiger charge is 2.47. The van der Waals surface area contributed by atoms with Gasteiger partial charge in [-0.25, -0.2) is 4.79 Å². The number of aliphatic hydroxyl groups excluding tert-OH is 1. The largest absolute Gasteiger partial charge is 0.441 e. The van der Waals surface area contributed by atoms with Crippen molar-refractivity contribution in [3.63, 3.8) is 0 Å². The van der Waals surface area contributed by atoms with Crippen molar-refractivity contribution in [2.45, 2.75) is 18.6 Å². The minimum atomic E-state index is -0.471. The second kappa shape index (κ2) is 5.88. The maximum absolute atomic E-state index is 12.1. The summed E-state index contributed by atoms with van der Waals surface area (Å²) in [6, 6.07) is 9.77. The van der Waals surface area contributed by atoms with Crippen molar-refractivity contribution in [3.05, 3.63) is 48.3 Å². The van der Waals surface area contributed by atoms with Gasteiger partial charge in [0.1, 0.15) is 11.8 Å². The van der Waals surface area contributed by atoms with Crippen molar-refractivity contribution in [2.75, 3.05) is 11.5 Å². The van der Waals surface area contributed by atoms with Crippen LogP contribution in [0, 0.1) is 0 Å². The Morgan fingerprint density at radius 3 is 2.74 bits per heavy atom. The van der Waals surface area contributed by atoms with Crippen molar-refractivity contribution in [2.24, 2.45) is 7.05 Å². The molecule has 1 saturated heterocycles. The van der Waals surface area contributed by atoms with Gasteiger partial charge >= 0.3 is 6.09 Å². The molecule has 0 radical (unpaired) electrons. The van der Waals surface area contributed by atoms with Crippen molar-refractivity contribution in [3.8, 4) is 22.5 Å². The van der Waals surface area contributed by atoms with E-state index in [1.807, 2.05) is 30.5 Å². The zero-order valence-electron chi connectivity index (χ0n) is 14.6. The molecule has 1 N–H and O–H groups in total. The summed E-state index contributed by atoms with van der Waals surface area (Å²) in [7, 11) is 1.77. The molecule has 1 fully saturated rings. The number of cyclic esters (lactones) is 1. The van der Waals surface area contributed by atoms with E-state index in [2.05, 4.69) is 21.2 Å². The van der Waals surface area contributed by atoms with E-state index in [-0.39, 0.29) is 18.7 Å². The first-order chi connectivity index (χ1) is 13.1. The summed E-state index contributed by atoms with van der Waals surface area (Å²) in [6.07, 6.45) is 3.31. The zero-order valence-corrected chi connectivity index (χ0v) is 14.6. The number of carbonyl (C=O) groups is 1. The number of amides is 1. The van der Waals surface area contributed by atoms with Gasteiger partial charge in [-0.1, -0.05) is 12.1 Å². The van der Waals surface area contributed by atoms with Crippen LogP contribution in [0.5, 0.6) is 0 Å². The van der Waals surface area contributed by atoms with Crippen LogP contribution in [-0.4, -0.2) is 49.9 Å². The fraction of sp³-hybridized carbons (Fsp3) is 0.263. The van der Waals surface area contributed by atoms with Gasteiger partial charge in [-0.15, -0.1) is 0 Å². The quantitative estimate of drug-likeness (QED) is 0.762. The number of hydrogen-bond donors (Lipinski definition) is 1. The third kappa shape index (κ3) is 2.48. The molecule has 2 atom stereocenters. The van der Waals surface area contributed by atoms with Gasteiger partial charge in [-0.3, -0.25) is 9.88 Å². The summed E-state index contributed by atoms with van der Waals surface area (Å²) in [5.74, 6) is 0. The lowest BCUT2D eigenvalue weighted by atomic mass is 10.0. The van der Waals surface area contributed by atoms with Gasteiger partial charge in [0.15, 0.2) is 0 Å². The van der Waals surface area contributed by atoms with Gasteiger partial charge in [-0.2, -0.15) is 15.0 Å². The van der Waals surface area contributed by atoms with Gasteiger partial charge in [0.05, 0.1) is 30.2 Å². The van der Waals surface area contributed by atoms with E-state index in [0.717, 1.165) is 33.8 Å². The Balaban J connectivity index is 1.45. The van der Waals surface area contributed by atoms with Gasteiger partial charge < -0.3 is 9.84 Å². The number of aliphatic hydroxyl groups is 1. The van der Waals surface area contributed by atoms with E-state index >= 15 is 0 Å². The number of benzene rings is 1. The van der Waals surface area contributed by atoms with Crippen LogP contribution >= 0.6 is 0 Å². The van der Waals surface area contributed by atoms with Gasteiger partial charge in [0.2, 0.25) is 0 Å².